The number of amides is 2. The van der Waals surface area contributed by atoms with Crippen LogP contribution in [0.4, 0.5) is 5.69 Å². The molecule has 0 bridgehead atoms. The molecule has 1 saturated heterocycles. The van der Waals surface area contributed by atoms with Crippen molar-refractivity contribution in [2.75, 3.05) is 11.4 Å². The molecule has 4 nitrogen and oxygen atoms in total. The number of carbonyl (C=O) groups excluding carboxylic acids is 2. The van der Waals surface area contributed by atoms with Gasteiger partial charge in [-0.15, -0.1) is 0 Å². The topological polar surface area (TPSA) is 49.4 Å². The van der Waals surface area contributed by atoms with E-state index < -0.39 is 0 Å². The lowest BCUT2D eigenvalue weighted by atomic mass is 10.1. The summed E-state index contributed by atoms with van der Waals surface area (Å²) in [7, 11) is 0. The monoisotopic (exact) mass is 308 g/mol. The molecule has 1 aliphatic heterocycles. The molecule has 3 rings (SSSR count). The summed E-state index contributed by atoms with van der Waals surface area (Å²) < 4.78 is 0. The highest BCUT2D eigenvalue weighted by atomic mass is 16.2. The molecule has 2 amide bonds. The zero-order valence-electron chi connectivity index (χ0n) is 13.2. The number of nitrogens with zero attached hydrogens (tertiary/aromatic N) is 1. The third-order valence-electron chi connectivity index (χ3n) is 4.15. The van der Waals surface area contributed by atoms with Gasteiger partial charge in [-0.25, -0.2) is 0 Å². The van der Waals surface area contributed by atoms with Crippen LogP contribution in [0.1, 0.15) is 17.5 Å². The molecule has 2 aromatic rings. The smallest absolute Gasteiger partial charge is 0.227 e. The first-order valence-electron chi connectivity index (χ1n) is 7.82. The number of aryl methyl sites for hydroxylation is 1. The Hall–Kier alpha value is -2.62. The predicted molar refractivity (Wildman–Crippen MR) is 89.9 cm³/mol. The third kappa shape index (κ3) is 3.59. The van der Waals surface area contributed by atoms with E-state index >= 15 is 0 Å². The summed E-state index contributed by atoms with van der Waals surface area (Å²) in [5, 5.41) is 2.94. The molecular weight excluding hydrogens is 288 g/mol. The van der Waals surface area contributed by atoms with Crippen LogP contribution in [0, 0.1) is 12.8 Å². The van der Waals surface area contributed by atoms with Crippen molar-refractivity contribution in [3.8, 4) is 0 Å². The minimum Gasteiger partial charge on any atom is -0.352 e. The van der Waals surface area contributed by atoms with Crippen LogP contribution in [0.3, 0.4) is 0 Å². The number of benzene rings is 2. The largest absolute Gasteiger partial charge is 0.352 e. The van der Waals surface area contributed by atoms with Gasteiger partial charge in [0.2, 0.25) is 11.8 Å². The Balaban J connectivity index is 1.58. The van der Waals surface area contributed by atoms with Gasteiger partial charge in [0.05, 0.1) is 5.92 Å². The third-order valence-corrected chi connectivity index (χ3v) is 4.15. The van der Waals surface area contributed by atoms with Crippen LogP contribution in [0.5, 0.6) is 0 Å². The molecule has 2 aromatic carbocycles. The first kappa shape index (κ1) is 15.3. The van der Waals surface area contributed by atoms with E-state index in [1.807, 2.05) is 61.5 Å². The zero-order chi connectivity index (χ0) is 16.2. The molecule has 1 heterocycles. The van der Waals surface area contributed by atoms with Crippen molar-refractivity contribution < 1.29 is 9.59 Å². The second-order valence-corrected chi connectivity index (χ2v) is 5.94. The molecule has 0 radical (unpaired) electrons. The molecule has 0 saturated carbocycles. The molecule has 1 N–H and O–H groups in total. The summed E-state index contributed by atoms with van der Waals surface area (Å²) in [6.07, 6.45) is 0.272. The number of hydrogen-bond acceptors (Lipinski definition) is 2. The minimum atomic E-state index is -0.284. The van der Waals surface area contributed by atoms with Gasteiger partial charge in [0.1, 0.15) is 0 Å². The Morgan fingerprint density at radius 2 is 1.83 bits per heavy atom. The molecular formula is C19H20N2O2. The average molecular weight is 308 g/mol. The molecule has 118 valence electrons. The number of nitrogens with one attached hydrogen (secondary N) is 1. The lowest BCUT2D eigenvalue weighted by Gasteiger charge is -2.16. The van der Waals surface area contributed by atoms with E-state index in [2.05, 4.69) is 5.32 Å². The lowest BCUT2D eigenvalue weighted by Crippen LogP contribution is -2.32. The fourth-order valence-corrected chi connectivity index (χ4v) is 2.78. The van der Waals surface area contributed by atoms with E-state index in [1.165, 1.54) is 5.56 Å². The number of rotatable bonds is 4. The summed E-state index contributed by atoms with van der Waals surface area (Å²) in [5.74, 6) is -0.336. The number of anilines is 1. The van der Waals surface area contributed by atoms with Gasteiger partial charge in [0.15, 0.2) is 0 Å². The van der Waals surface area contributed by atoms with E-state index in [0.717, 1.165) is 11.3 Å². The first-order chi connectivity index (χ1) is 11.1. The molecule has 23 heavy (non-hydrogen) atoms. The molecule has 1 fully saturated rings. The fraction of sp³-hybridized carbons (Fsp3) is 0.263. The van der Waals surface area contributed by atoms with E-state index in [9.17, 15) is 9.59 Å². The van der Waals surface area contributed by atoms with Crippen LogP contribution in [0.2, 0.25) is 0 Å². The van der Waals surface area contributed by atoms with Crippen molar-refractivity contribution in [2.24, 2.45) is 5.92 Å². The summed E-state index contributed by atoms with van der Waals surface area (Å²) in [6.45, 7) is 2.97. The van der Waals surface area contributed by atoms with E-state index in [1.54, 1.807) is 4.90 Å². The predicted octanol–water partition coefficient (Wildman–Crippen LogP) is 2.66. The van der Waals surface area contributed by atoms with Crippen molar-refractivity contribution in [1.82, 2.24) is 5.32 Å². The maximum absolute atomic E-state index is 12.3. The van der Waals surface area contributed by atoms with Gasteiger partial charge in [-0.05, 0) is 24.6 Å². The van der Waals surface area contributed by atoms with Crippen LogP contribution in [-0.4, -0.2) is 18.4 Å². The number of hydrogen-bond donors (Lipinski definition) is 1. The van der Waals surface area contributed by atoms with Crippen LogP contribution in [0.15, 0.2) is 54.6 Å². The van der Waals surface area contributed by atoms with Crippen molar-refractivity contribution in [1.29, 1.82) is 0 Å². The normalized spacial score (nSPS) is 17.3. The van der Waals surface area contributed by atoms with Crippen molar-refractivity contribution in [3.63, 3.8) is 0 Å². The molecule has 0 aliphatic carbocycles. The molecule has 0 aromatic heterocycles. The van der Waals surface area contributed by atoms with E-state index in [4.69, 9.17) is 0 Å². The van der Waals surface area contributed by atoms with E-state index in [0.29, 0.717) is 13.1 Å². The molecule has 0 unspecified atom stereocenters. The van der Waals surface area contributed by atoms with Crippen LogP contribution in [-0.2, 0) is 16.1 Å². The Morgan fingerprint density at radius 3 is 2.52 bits per heavy atom. The first-order valence-corrected chi connectivity index (χ1v) is 7.82. The van der Waals surface area contributed by atoms with Gasteiger partial charge < -0.3 is 10.2 Å². The highest BCUT2D eigenvalue weighted by Crippen LogP contribution is 2.24. The maximum atomic E-state index is 12.3. The van der Waals surface area contributed by atoms with Gasteiger partial charge in [-0.3, -0.25) is 9.59 Å². The quantitative estimate of drug-likeness (QED) is 0.944. The summed E-state index contributed by atoms with van der Waals surface area (Å²) in [4.78, 5) is 26.2. The standard InChI is InChI=1S/C19H20N2O2/c1-14-7-9-15(10-8-14)12-20-19(23)16-11-18(22)21(13-16)17-5-3-2-4-6-17/h2-10,16H,11-13H2,1H3,(H,20,23)/t16-/m1/s1. The van der Waals surface area contributed by atoms with Gasteiger partial charge >= 0.3 is 0 Å². The van der Waals surface area contributed by atoms with Gasteiger partial charge in [-0.1, -0.05) is 48.0 Å². The second kappa shape index (κ2) is 6.65. The molecule has 0 spiro atoms. The number of carbonyl (C=O) groups is 2. The summed E-state index contributed by atoms with van der Waals surface area (Å²) >= 11 is 0. The Labute approximate surface area is 136 Å². The Bertz CT molecular complexity index is 695. The van der Waals surface area contributed by atoms with Crippen molar-refractivity contribution >= 4 is 17.5 Å². The highest BCUT2D eigenvalue weighted by molar-refractivity contribution is 6.00. The molecule has 1 aliphatic rings. The minimum absolute atomic E-state index is 0.00619. The molecule has 4 heteroatoms. The second-order valence-electron chi connectivity index (χ2n) is 5.94. The number of para-hydroxylation sites is 1. The van der Waals surface area contributed by atoms with Crippen LogP contribution >= 0.6 is 0 Å². The van der Waals surface area contributed by atoms with Gasteiger partial charge in [0.25, 0.3) is 0 Å². The molecule has 1 atom stereocenters. The highest BCUT2D eigenvalue weighted by Gasteiger charge is 2.34. The fourth-order valence-electron chi connectivity index (χ4n) is 2.78. The van der Waals surface area contributed by atoms with Gasteiger partial charge in [-0.2, -0.15) is 0 Å². The average Bonchev–Trinajstić information content (AvgIpc) is 2.97. The maximum Gasteiger partial charge on any atom is 0.227 e. The van der Waals surface area contributed by atoms with Crippen molar-refractivity contribution in [2.45, 2.75) is 19.9 Å². The van der Waals surface area contributed by atoms with Gasteiger partial charge in [0, 0.05) is 25.2 Å². The summed E-state index contributed by atoms with van der Waals surface area (Å²) in [6, 6.07) is 17.6. The lowest BCUT2D eigenvalue weighted by molar-refractivity contribution is -0.126. The van der Waals surface area contributed by atoms with Crippen LogP contribution < -0.4 is 10.2 Å². The van der Waals surface area contributed by atoms with E-state index in [-0.39, 0.29) is 24.2 Å². The van der Waals surface area contributed by atoms with Crippen molar-refractivity contribution in [3.05, 3.63) is 65.7 Å². The Morgan fingerprint density at radius 1 is 1.13 bits per heavy atom. The summed E-state index contributed by atoms with van der Waals surface area (Å²) in [5.41, 5.74) is 3.11. The Kier molecular flexibility index (Phi) is 4.42. The van der Waals surface area contributed by atoms with Crippen LogP contribution in [0.25, 0.3) is 0 Å². The zero-order valence-corrected chi connectivity index (χ0v) is 13.2. The SMILES string of the molecule is Cc1ccc(CNC(=O)[C@@H]2CC(=O)N(c3ccccc3)C2)cc1.